The van der Waals surface area contributed by atoms with Crippen LogP contribution in [0.25, 0.3) is 0 Å². The molecule has 0 spiro atoms. The molecule has 0 unspecified atom stereocenters. The monoisotopic (exact) mass is 420 g/mol. The molecule has 0 aliphatic heterocycles. The summed E-state index contributed by atoms with van der Waals surface area (Å²) in [5, 5.41) is 5.55. The molecule has 4 N–H and O–H groups in total. The summed E-state index contributed by atoms with van der Waals surface area (Å²) in [6.45, 7) is 8.09. The standard InChI is InChI=1S/C22H36N4O4/c1-7-15(4)24-21(28)13-17(10-14(2)3)25-22(23)26-20(27)12-16-8-9-18(29-5)19(11-16)30-6/h8-9,11,14-15,17H,7,10,12-13H2,1-6H3,(H,24,28)(H3,23,25,26,27)/t15-,17+/m0/s1. The third-order valence-electron chi connectivity index (χ3n) is 4.59. The summed E-state index contributed by atoms with van der Waals surface area (Å²) >= 11 is 0. The van der Waals surface area contributed by atoms with E-state index in [0.717, 1.165) is 12.0 Å². The van der Waals surface area contributed by atoms with Crippen molar-refractivity contribution in [2.24, 2.45) is 16.6 Å². The Kier molecular flexibility index (Phi) is 10.7. The van der Waals surface area contributed by atoms with Crippen LogP contribution in [0, 0.1) is 5.92 Å². The molecule has 0 aromatic heterocycles. The van der Waals surface area contributed by atoms with Gasteiger partial charge in [-0.3, -0.25) is 14.9 Å². The third kappa shape index (κ3) is 9.15. The second-order valence-corrected chi connectivity index (χ2v) is 7.79. The second kappa shape index (κ2) is 12.7. The lowest BCUT2D eigenvalue weighted by molar-refractivity contribution is -0.122. The maximum absolute atomic E-state index is 12.4. The molecule has 0 aliphatic rings. The smallest absolute Gasteiger partial charge is 0.231 e. The Morgan fingerprint density at radius 2 is 1.77 bits per heavy atom. The van der Waals surface area contributed by atoms with Gasteiger partial charge in [0.1, 0.15) is 0 Å². The van der Waals surface area contributed by atoms with Crippen LogP contribution in [0.1, 0.15) is 52.5 Å². The van der Waals surface area contributed by atoms with Crippen LogP contribution in [-0.4, -0.2) is 44.1 Å². The van der Waals surface area contributed by atoms with E-state index in [4.69, 9.17) is 15.2 Å². The van der Waals surface area contributed by atoms with Crippen molar-refractivity contribution in [3.8, 4) is 11.5 Å². The van der Waals surface area contributed by atoms with Crippen LogP contribution in [0.15, 0.2) is 23.2 Å². The number of hydrogen-bond acceptors (Lipinski definition) is 5. The van der Waals surface area contributed by atoms with Crippen molar-refractivity contribution in [1.29, 1.82) is 0 Å². The van der Waals surface area contributed by atoms with Crippen LogP contribution in [0.4, 0.5) is 0 Å². The minimum Gasteiger partial charge on any atom is -0.493 e. The number of aliphatic imine (C=N–C) groups is 1. The summed E-state index contributed by atoms with van der Waals surface area (Å²) in [4.78, 5) is 29.0. The van der Waals surface area contributed by atoms with Gasteiger partial charge in [-0.2, -0.15) is 0 Å². The van der Waals surface area contributed by atoms with Gasteiger partial charge in [-0.1, -0.05) is 26.8 Å². The Morgan fingerprint density at radius 3 is 2.33 bits per heavy atom. The number of guanidine groups is 1. The molecular weight excluding hydrogens is 384 g/mol. The molecule has 30 heavy (non-hydrogen) atoms. The van der Waals surface area contributed by atoms with E-state index in [1.165, 1.54) is 0 Å². The number of ether oxygens (including phenoxy) is 2. The van der Waals surface area contributed by atoms with E-state index in [1.807, 2.05) is 13.8 Å². The molecule has 0 saturated carbocycles. The maximum atomic E-state index is 12.4. The summed E-state index contributed by atoms with van der Waals surface area (Å²) in [6.07, 6.45) is 1.90. The Hall–Kier alpha value is -2.77. The van der Waals surface area contributed by atoms with Gasteiger partial charge >= 0.3 is 0 Å². The molecule has 1 aromatic rings. The Morgan fingerprint density at radius 1 is 1.10 bits per heavy atom. The zero-order valence-corrected chi connectivity index (χ0v) is 19.0. The lowest BCUT2D eigenvalue weighted by Gasteiger charge is -2.18. The zero-order valence-electron chi connectivity index (χ0n) is 19.0. The lowest BCUT2D eigenvalue weighted by atomic mass is 10.0. The number of nitrogens with zero attached hydrogens (tertiary/aromatic N) is 1. The molecule has 0 radical (unpaired) electrons. The number of rotatable bonds is 11. The van der Waals surface area contributed by atoms with E-state index in [1.54, 1.807) is 32.4 Å². The van der Waals surface area contributed by atoms with Crippen molar-refractivity contribution in [3.05, 3.63) is 23.8 Å². The topological polar surface area (TPSA) is 115 Å². The Bertz CT molecular complexity index is 734. The number of carbonyl (C=O) groups is 2. The van der Waals surface area contributed by atoms with Crippen LogP contribution in [0.3, 0.4) is 0 Å². The minimum absolute atomic E-state index is 0.0162. The van der Waals surface area contributed by atoms with Crippen LogP contribution in [0.5, 0.6) is 11.5 Å². The second-order valence-electron chi connectivity index (χ2n) is 7.79. The van der Waals surface area contributed by atoms with Gasteiger partial charge in [0.15, 0.2) is 17.5 Å². The van der Waals surface area contributed by atoms with E-state index in [9.17, 15) is 9.59 Å². The third-order valence-corrected chi connectivity index (χ3v) is 4.59. The molecule has 0 saturated heterocycles. The van der Waals surface area contributed by atoms with Gasteiger partial charge in [-0.05, 0) is 43.4 Å². The molecule has 8 heteroatoms. The normalized spacial score (nSPS) is 13.5. The van der Waals surface area contributed by atoms with Crippen LogP contribution in [0.2, 0.25) is 0 Å². The average molecular weight is 421 g/mol. The zero-order chi connectivity index (χ0) is 22.7. The average Bonchev–Trinajstić information content (AvgIpc) is 2.66. The quantitative estimate of drug-likeness (QED) is 0.376. The van der Waals surface area contributed by atoms with Gasteiger partial charge in [-0.15, -0.1) is 0 Å². The summed E-state index contributed by atoms with van der Waals surface area (Å²) in [6, 6.07) is 5.09. The van der Waals surface area contributed by atoms with Gasteiger partial charge < -0.3 is 20.5 Å². The number of nitrogens with one attached hydrogen (secondary N) is 2. The molecule has 168 valence electrons. The van der Waals surface area contributed by atoms with Crippen molar-refractivity contribution in [3.63, 3.8) is 0 Å². The minimum atomic E-state index is -0.296. The van der Waals surface area contributed by atoms with Crippen LogP contribution in [-0.2, 0) is 16.0 Å². The first-order chi connectivity index (χ1) is 14.2. The predicted molar refractivity (Wildman–Crippen MR) is 119 cm³/mol. The number of nitrogens with two attached hydrogens (primary N) is 1. The van der Waals surface area contributed by atoms with E-state index < -0.39 is 0 Å². The number of methoxy groups -OCH3 is 2. The summed E-state index contributed by atoms with van der Waals surface area (Å²) in [5.41, 5.74) is 6.71. The largest absolute Gasteiger partial charge is 0.493 e. The van der Waals surface area contributed by atoms with E-state index in [0.29, 0.717) is 23.8 Å². The van der Waals surface area contributed by atoms with Crippen LogP contribution < -0.4 is 25.8 Å². The van der Waals surface area contributed by atoms with Crippen molar-refractivity contribution >= 4 is 17.8 Å². The van der Waals surface area contributed by atoms with Crippen molar-refractivity contribution < 1.29 is 19.1 Å². The van der Waals surface area contributed by atoms with Gasteiger partial charge in [0.25, 0.3) is 0 Å². The van der Waals surface area contributed by atoms with Gasteiger partial charge in [-0.25, -0.2) is 4.99 Å². The fourth-order valence-corrected chi connectivity index (χ4v) is 2.97. The lowest BCUT2D eigenvalue weighted by Crippen LogP contribution is -2.40. The molecule has 0 fully saturated rings. The van der Waals surface area contributed by atoms with Crippen LogP contribution >= 0.6 is 0 Å². The highest BCUT2D eigenvalue weighted by Gasteiger charge is 2.17. The highest BCUT2D eigenvalue weighted by molar-refractivity contribution is 5.97. The SMILES string of the molecule is CC[C@H](C)NC(=O)C[C@@H](CC(C)C)N=C(N)NC(=O)Cc1ccc(OC)c(OC)c1. The van der Waals surface area contributed by atoms with Crippen molar-refractivity contribution in [1.82, 2.24) is 10.6 Å². The summed E-state index contributed by atoms with van der Waals surface area (Å²) in [7, 11) is 3.09. The number of carbonyl (C=O) groups excluding carboxylic acids is 2. The molecule has 1 aromatic carbocycles. The summed E-state index contributed by atoms with van der Waals surface area (Å²) < 4.78 is 10.5. The van der Waals surface area contributed by atoms with E-state index >= 15 is 0 Å². The summed E-state index contributed by atoms with van der Waals surface area (Å²) in [5.74, 6) is 1.13. The first kappa shape index (κ1) is 25.3. The number of hydrogen-bond donors (Lipinski definition) is 3. The van der Waals surface area contributed by atoms with Gasteiger partial charge in [0.05, 0.1) is 26.7 Å². The highest BCUT2D eigenvalue weighted by Crippen LogP contribution is 2.27. The molecule has 2 atom stereocenters. The molecular formula is C22H36N4O4. The van der Waals surface area contributed by atoms with Crippen molar-refractivity contribution in [2.45, 2.75) is 65.5 Å². The molecule has 1 rings (SSSR count). The number of amides is 2. The van der Waals surface area contributed by atoms with E-state index in [-0.39, 0.29) is 42.7 Å². The maximum Gasteiger partial charge on any atom is 0.231 e. The predicted octanol–water partition coefficient (Wildman–Crippen LogP) is 2.40. The highest BCUT2D eigenvalue weighted by atomic mass is 16.5. The number of benzene rings is 1. The molecule has 2 amide bonds. The molecule has 0 heterocycles. The molecule has 8 nitrogen and oxygen atoms in total. The first-order valence-corrected chi connectivity index (χ1v) is 10.3. The van der Waals surface area contributed by atoms with E-state index in [2.05, 4.69) is 29.5 Å². The Labute approximate surface area is 179 Å². The van der Waals surface area contributed by atoms with Crippen molar-refractivity contribution in [2.75, 3.05) is 14.2 Å². The fourth-order valence-electron chi connectivity index (χ4n) is 2.97. The van der Waals surface area contributed by atoms with Gasteiger partial charge in [0.2, 0.25) is 11.8 Å². The Balaban J connectivity index is 2.76. The fraction of sp³-hybridized carbons (Fsp3) is 0.591. The molecule has 0 bridgehead atoms. The molecule has 0 aliphatic carbocycles. The van der Waals surface area contributed by atoms with Gasteiger partial charge in [0, 0.05) is 12.5 Å². The first-order valence-electron chi connectivity index (χ1n) is 10.3.